The van der Waals surface area contributed by atoms with Crippen LogP contribution >= 0.6 is 27.5 Å². The predicted molar refractivity (Wildman–Crippen MR) is 86.1 cm³/mol. The van der Waals surface area contributed by atoms with E-state index in [-0.39, 0.29) is 0 Å². The zero-order valence-corrected chi connectivity index (χ0v) is 13.2. The van der Waals surface area contributed by atoms with Crippen molar-refractivity contribution < 1.29 is 0 Å². The van der Waals surface area contributed by atoms with Crippen LogP contribution in [0.2, 0.25) is 5.02 Å². The highest BCUT2D eigenvalue weighted by atomic mass is 79.9. The van der Waals surface area contributed by atoms with Crippen LogP contribution in [-0.2, 0) is 6.54 Å². The van der Waals surface area contributed by atoms with Crippen molar-refractivity contribution in [2.24, 2.45) is 0 Å². The maximum absolute atomic E-state index is 6.18. The fraction of sp³-hybridized carbons (Fsp3) is 0.0714. The van der Waals surface area contributed by atoms with E-state index in [1.165, 1.54) is 0 Å². The Morgan fingerprint density at radius 3 is 2.90 bits per heavy atom. The summed E-state index contributed by atoms with van der Waals surface area (Å²) in [7, 11) is 0. The second kappa shape index (κ2) is 6.24. The molecule has 0 fully saturated rings. The standard InChI is InChI=1S/C14H11BrClN5/c15-11-4-5-13(16)10(6-11)8-17-12-3-1-2-9(7-12)14-18-20-21-19-14/h1-7,17H,8H2,(H,18,19,20,21). The molecular formula is C14H11BrClN5. The molecule has 7 heteroatoms. The van der Waals surface area contributed by atoms with Crippen molar-refractivity contribution >= 4 is 33.2 Å². The van der Waals surface area contributed by atoms with E-state index in [2.05, 4.69) is 41.9 Å². The minimum atomic E-state index is 0.569. The molecule has 0 aliphatic heterocycles. The Morgan fingerprint density at radius 2 is 2.10 bits per heavy atom. The monoisotopic (exact) mass is 363 g/mol. The summed E-state index contributed by atoms with van der Waals surface area (Å²) in [4.78, 5) is 0. The highest BCUT2D eigenvalue weighted by Gasteiger charge is 2.05. The van der Waals surface area contributed by atoms with E-state index >= 15 is 0 Å². The first-order valence-corrected chi connectivity index (χ1v) is 7.41. The van der Waals surface area contributed by atoms with Crippen molar-refractivity contribution in [2.75, 3.05) is 5.32 Å². The molecule has 0 aliphatic rings. The van der Waals surface area contributed by atoms with Crippen molar-refractivity contribution in [1.29, 1.82) is 0 Å². The number of benzene rings is 2. The van der Waals surface area contributed by atoms with Crippen LogP contribution in [0.1, 0.15) is 5.56 Å². The molecule has 0 spiro atoms. The van der Waals surface area contributed by atoms with Crippen molar-refractivity contribution in [3.63, 3.8) is 0 Å². The minimum absolute atomic E-state index is 0.569. The highest BCUT2D eigenvalue weighted by molar-refractivity contribution is 9.10. The normalized spacial score (nSPS) is 10.6. The second-order valence-electron chi connectivity index (χ2n) is 4.41. The summed E-state index contributed by atoms with van der Waals surface area (Å²) in [6.45, 7) is 0.633. The Bertz CT molecular complexity index is 745. The van der Waals surface area contributed by atoms with Crippen molar-refractivity contribution in [3.05, 3.63) is 57.5 Å². The van der Waals surface area contributed by atoms with Gasteiger partial charge in [0.05, 0.1) is 0 Å². The summed E-state index contributed by atoms with van der Waals surface area (Å²) in [6, 6.07) is 13.6. The molecule has 3 rings (SSSR count). The Balaban J connectivity index is 1.76. The zero-order valence-electron chi connectivity index (χ0n) is 10.8. The molecule has 3 aromatic rings. The van der Waals surface area contributed by atoms with E-state index in [1.807, 2.05) is 42.5 Å². The Labute approximate surface area is 134 Å². The van der Waals surface area contributed by atoms with Gasteiger partial charge in [0.15, 0.2) is 0 Å². The quantitative estimate of drug-likeness (QED) is 0.737. The molecule has 0 unspecified atom stereocenters. The van der Waals surface area contributed by atoms with Crippen LogP contribution in [-0.4, -0.2) is 20.6 Å². The number of halogens is 2. The topological polar surface area (TPSA) is 66.5 Å². The van der Waals surface area contributed by atoms with Crippen LogP contribution in [0.25, 0.3) is 11.4 Å². The number of aromatic nitrogens is 4. The molecule has 106 valence electrons. The van der Waals surface area contributed by atoms with Crippen molar-refractivity contribution in [3.8, 4) is 11.4 Å². The SMILES string of the molecule is Clc1ccc(Br)cc1CNc1cccc(-c2nn[nH]n2)c1. The van der Waals surface area contributed by atoms with E-state index < -0.39 is 0 Å². The smallest absolute Gasteiger partial charge is 0.204 e. The van der Waals surface area contributed by atoms with Crippen LogP contribution in [0, 0.1) is 0 Å². The number of aromatic amines is 1. The van der Waals surface area contributed by atoms with Gasteiger partial charge in [-0.15, -0.1) is 10.2 Å². The average Bonchev–Trinajstić information content (AvgIpc) is 3.03. The number of nitrogens with one attached hydrogen (secondary N) is 2. The van der Waals surface area contributed by atoms with Gasteiger partial charge in [0, 0.05) is 27.3 Å². The van der Waals surface area contributed by atoms with Crippen LogP contribution in [0.3, 0.4) is 0 Å². The number of rotatable bonds is 4. The summed E-state index contributed by atoms with van der Waals surface area (Å²) >= 11 is 9.63. The third kappa shape index (κ3) is 3.40. The predicted octanol–water partition coefficient (Wildman–Crippen LogP) is 3.89. The van der Waals surface area contributed by atoms with Crippen LogP contribution in [0.15, 0.2) is 46.9 Å². The molecule has 0 bridgehead atoms. The van der Waals surface area contributed by atoms with Gasteiger partial charge in [0.25, 0.3) is 0 Å². The lowest BCUT2D eigenvalue weighted by Crippen LogP contribution is -2.00. The summed E-state index contributed by atoms with van der Waals surface area (Å²) in [5, 5.41) is 18.0. The molecule has 1 heterocycles. The molecule has 0 amide bonds. The van der Waals surface area contributed by atoms with Gasteiger partial charge in [-0.25, -0.2) is 0 Å². The fourth-order valence-electron chi connectivity index (χ4n) is 1.93. The zero-order chi connectivity index (χ0) is 14.7. The molecule has 2 aromatic carbocycles. The van der Waals surface area contributed by atoms with Crippen LogP contribution < -0.4 is 5.32 Å². The third-order valence-corrected chi connectivity index (χ3v) is 3.82. The summed E-state index contributed by atoms with van der Waals surface area (Å²) < 4.78 is 1.00. The minimum Gasteiger partial charge on any atom is -0.381 e. The van der Waals surface area contributed by atoms with Gasteiger partial charge in [-0.2, -0.15) is 5.21 Å². The average molecular weight is 365 g/mol. The largest absolute Gasteiger partial charge is 0.381 e. The van der Waals surface area contributed by atoms with Crippen LogP contribution in [0.5, 0.6) is 0 Å². The molecule has 0 saturated heterocycles. The maximum atomic E-state index is 6.18. The van der Waals surface area contributed by atoms with E-state index in [4.69, 9.17) is 11.6 Å². The van der Waals surface area contributed by atoms with Crippen molar-refractivity contribution in [1.82, 2.24) is 20.6 Å². The van der Waals surface area contributed by atoms with E-state index in [1.54, 1.807) is 0 Å². The van der Waals surface area contributed by atoms with Gasteiger partial charge in [0.1, 0.15) is 0 Å². The third-order valence-electron chi connectivity index (χ3n) is 2.96. The maximum Gasteiger partial charge on any atom is 0.204 e. The summed E-state index contributed by atoms with van der Waals surface area (Å²) in [5.41, 5.74) is 2.89. The van der Waals surface area contributed by atoms with Gasteiger partial charge >= 0.3 is 0 Å². The number of hydrogen-bond acceptors (Lipinski definition) is 4. The van der Waals surface area contributed by atoms with Gasteiger partial charge < -0.3 is 5.32 Å². The molecule has 1 aromatic heterocycles. The lowest BCUT2D eigenvalue weighted by atomic mass is 10.1. The lowest BCUT2D eigenvalue weighted by Gasteiger charge is -2.09. The fourth-order valence-corrected chi connectivity index (χ4v) is 2.52. The number of H-pyrrole nitrogens is 1. The Hall–Kier alpha value is -1.92. The van der Waals surface area contributed by atoms with Gasteiger partial charge in [-0.3, -0.25) is 0 Å². The molecular weight excluding hydrogens is 354 g/mol. The van der Waals surface area contributed by atoms with Gasteiger partial charge in [-0.1, -0.05) is 39.7 Å². The van der Waals surface area contributed by atoms with Crippen molar-refractivity contribution in [2.45, 2.75) is 6.54 Å². The number of nitrogens with zero attached hydrogens (tertiary/aromatic N) is 3. The first kappa shape index (κ1) is 14.0. The molecule has 21 heavy (non-hydrogen) atoms. The van der Waals surface area contributed by atoms with Crippen LogP contribution in [0.4, 0.5) is 5.69 Å². The van der Waals surface area contributed by atoms with E-state index in [9.17, 15) is 0 Å². The number of hydrogen-bond donors (Lipinski definition) is 2. The molecule has 5 nitrogen and oxygen atoms in total. The molecule has 0 atom stereocenters. The van der Waals surface area contributed by atoms with Gasteiger partial charge in [-0.05, 0) is 41.1 Å². The Morgan fingerprint density at radius 1 is 1.19 bits per heavy atom. The van der Waals surface area contributed by atoms with Gasteiger partial charge in [0.2, 0.25) is 5.82 Å². The molecule has 0 saturated carbocycles. The second-order valence-corrected chi connectivity index (χ2v) is 5.73. The summed E-state index contributed by atoms with van der Waals surface area (Å²) in [5.74, 6) is 0.569. The Kier molecular flexibility index (Phi) is 4.17. The molecule has 0 aliphatic carbocycles. The molecule has 2 N–H and O–H groups in total. The number of tetrazole rings is 1. The molecule has 0 radical (unpaired) electrons. The van der Waals surface area contributed by atoms with E-state index in [0.29, 0.717) is 12.4 Å². The first-order chi connectivity index (χ1) is 10.2. The number of anilines is 1. The highest BCUT2D eigenvalue weighted by Crippen LogP contribution is 2.23. The lowest BCUT2D eigenvalue weighted by molar-refractivity contribution is 0.881. The summed E-state index contributed by atoms with van der Waals surface area (Å²) in [6.07, 6.45) is 0. The first-order valence-electron chi connectivity index (χ1n) is 6.24. The van der Waals surface area contributed by atoms with E-state index in [0.717, 1.165) is 26.3 Å².